The highest BCUT2D eigenvalue weighted by atomic mass is 16.2. The van der Waals surface area contributed by atoms with Crippen LogP contribution in [0.1, 0.15) is 19.5 Å². The molecule has 0 atom stereocenters. The highest BCUT2D eigenvalue weighted by Gasteiger charge is 2.17. The van der Waals surface area contributed by atoms with Crippen LogP contribution in [0.2, 0.25) is 0 Å². The summed E-state index contributed by atoms with van der Waals surface area (Å²) in [6.45, 7) is 3.50. The smallest absolute Gasteiger partial charge is 0.247 e. The zero-order valence-electron chi connectivity index (χ0n) is 29.6. The van der Waals surface area contributed by atoms with E-state index in [9.17, 15) is 9.59 Å². The van der Waals surface area contributed by atoms with E-state index in [2.05, 4.69) is 77.7 Å². The van der Waals surface area contributed by atoms with Crippen molar-refractivity contribution in [2.45, 2.75) is 20.4 Å². The molecule has 0 aliphatic rings. The molecule has 15 heteroatoms. The lowest BCUT2D eigenvalue weighted by atomic mass is 10.1. The van der Waals surface area contributed by atoms with Gasteiger partial charge in [0.1, 0.15) is 0 Å². The number of fused-ring (bicyclic) bond motifs is 3. The summed E-state index contributed by atoms with van der Waals surface area (Å²) in [6, 6.07) is 31.4. The SMILES string of the molecule is CC(=O)Nc1ccc(Nc2nc3c(-c4ccc5c(ccn5Cc5ccc(-c6cn[nH]c6)c6nc(Nc7ccc(NC(C)=O)cc7)nn56)c4)cccn3n2)cc1. The van der Waals surface area contributed by atoms with Gasteiger partial charge in [-0.05, 0) is 96.6 Å². The third-order valence-electron chi connectivity index (χ3n) is 9.07. The van der Waals surface area contributed by atoms with Gasteiger partial charge in [-0.3, -0.25) is 14.7 Å². The molecule has 2 amide bonds. The van der Waals surface area contributed by atoms with Gasteiger partial charge in [-0.1, -0.05) is 6.07 Å². The zero-order chi connectivity index (χ0) is 37.5. The molecule has 9 aromatic rings. The molecule has 0 radical (unpaired) electrons. The number of hydrogen-bond donors (Lipinski definition) is 5. The van der Waals surface area contributed by atoms with Gasteiger partial charge in [0.05, 0.1) is 18.4 Å². The molecule has 270 valence electrons. The molecule has 6 heterocycles. The van der Waals surface area contributed by atoms with Gasteiger partial charge in [-0.15, -0.1) is 10.2 Å². The second-order valence-electron chi connectivity index (χ2n) is 13.0. The topological polar surface area (TPSA) is 176 Å². The number of carbonyl (C=O) groups is 2. The number of anilines is 6. The molecule has 0 aliphatic carbocycles. The highest BCUT2D eigenvalue weighted by Crippen LogP contribution is 2.31. The first-order valence-electron chi connectivity index (χ1n) is 17.4. The molecule has 0 saturated heterocycles. The molecule has 0 bridgehead atoms. The molecule has 0 fully saturated rings. The Morgan fingerprint density at radius 1 is 0.673 bits per heavy atom. The van der Waals surface area contributed by atoms with Gasteiger partial charge >= 0.3 is 0 Å². The Morgan fingerprint density at radius 3 is 2.00 bits per heavy atom. The Morgan fingerprint density at radius 2 is 1.33 bits per heavy atom. The van der Waals surface area contributed by atoms with Crippen molar-refractivity contribution < 1.29 is 9.59 Å². The summed E-state index contributed by atoms with van der Waals surface area (Å²) in [4.78, 5) is 32.5. The summed E-state index contributed by atoms with van der Waals surface area (Å²) >= 11 is 0. The Labute approximate surface area is 313 Å². The molecule has 9 rings (SSSR count). The van der Waals surface area contributed by atoms with E-state index in [-0.39, 0.29) is 11.8 Å². The van der Waals surface area contributed by atoms with E-state index in [4.69, 9.17) is 15.1 Å². The quantitative estimate of drug-likeness (QED) is 0.0972. The van der Waals surface area contributed by atoms with Crippen LogP contribution in [0.15, 0.2) is 122 Å². The van der Waals surface area contributed by atoms with Gasteiger partial charge in [-0.25, -0.2) is 9.03 Å². The zero-order valence-corrected chi connectivity index (χ0v) is 29.6. The third kappa shape index (κ3) is 6.68. The predicted molar refractivity (Wildman–Crippen MR) is 212 cm³/mol. The van der Waals surface area contributed by atoms with Gasteiger partial charge in [0.15, 0.2) is 11.3 Å². The van der Waals surface area contributed by atoms with Crippen molar-refractivity contribution in [1.82, 2.24) is 44.0 Å². The number of pyridine rings is 2. The van der Waals surface area contributed by atoms with Crippen LogP contribution in [0, 0.1) is 0 Å². The van der Waals surface area contributed by atoms with E-state index in [0.29, 0.717) is 35.5 Å². The lowest BCUT2D eigenvalue weighted by Crippen LogP contribution is -2.06. The summed E-state index contributed by atoms with van der Waals surface area (Å²) < 4.78 is 5.82. The van der Waals surface area contributed by atoms with Crippen molar-refractivity contribution >= 4 is 68.7 Å². The van der Waals surface area contributed by atoms with Gasteiger partial charge in [0.25, 0.3) is 0 Å². The molecule has 15 nitrogen and oxygen atoms in total. The molecule has 0 spiro atoms. The van der Waals surface area contributed by atoms with E-state index < -0.39 is 0 Å². The van der Waals surface area contributed by atoms with E-state index in [0.717, 1.165) is 55.9 Å². The first-order valence-corrected chi connectivity index (χ1v) is 17.4. The number of nitrogens with one attached hydrogen (secondary N) is 5. The largest absolute Gasteiger partial charge is 0.341 e. The second kappa shape index (κ2) is 13.6. The fourth-order valence-electron chi connectivity index (χ4n) is 6.61. The number of rotatable bonds is 10. The van der Waals surface area contributed by atoms with Crippen LogP contribution in [-0.2, 0) is 16.1 Å². The van der Waals surface area contributed by atoms with Gasteiger partial charge in [0, 0.05) is 82.8 Å². The fourth-order valence-corrected chi connectivity index (χ4v) is 6.61. The minimum Gasteiger partial charge on any atom is -0.341 e. The summed E-state index contributed by atoms with van der Waals surface area (Å²) in [5.41, 5.74) is 10.2. The summed E-state index contributed by atoms with van der Waals surface area (Å²) in [5, 5.41) is 29.8. The lowest BCUT2D eigenvalue weighted by Gasteiger charge is -2.10. The molecule has 0 unspecified atom stereocenters. The number of hydrogen-bond acceptors (Lipinski definition) is 9. The van der Waals surface area contributed by atoms with Crippen LogP contribution >= 0.6 is 0 Å². The van der Waals surface area contributed by atoms with Gasteiger partial charge in [0.2, 0.25) is 23.7 Å². The van der Waals surface area contributed by atoms with E-state index in [1.807, 2.05) is 83.6 Å². The fraction of sp³-hybridized carbons (Fsp3) is 0.0750. The van der Waals surface area contributed by atoms with Crippen molar-refractivity contribution in [2.75, 3.05) is 21.3 Å². The normalized spacial score (nSPS) is 11.3. The Bertz CT molecular complexity index is 2850. The number of benzene rings is 3. The van der Waals surface area contributed by atoms with Crippen LogP contribution in [-0.4, -0.2) is 55.8 Å². The molecular weight excluding hydrogens is 695 g/mol. The van der Waals surface area contributed by atoms with Crippen molar-refractivity contribution in [2.24, 2.45) is 0 Å². The van der Waals surface area contributed by atoms with Crippen molar-refractivity contribution in [3.05, 3.63) is 128 Å². The number of aromatic amines is 1. The molecular formula is C40H33N13O2. The lowest BCUT2D eigenvalue weighted by molar-refractivity contribution is -0.115. The van der Waals surface area contributed by atoms with Crippen LogP contribution in [0.3, 0.4) is 0 Å². The van der Waals surface area contributed by atoms with E-state index >= 15 is 0 Å². The maximum atomic E-state index is 11.5. The van der Waals surface area contributed by atoms with Crippen LogP contribution in [0.4, 0.5) is 34.6 Å². The first kappa shape index (κ1) is 33.1. The average Bonchev–Trinajstić information content (AvgIpc) is 4.00. The Hall–Kier alpha value is -7.81. The first-order chi connectivity index (χ1) is 26.8. The summed E-state index contributed by atoms with van der Waals surface area (Å²) in [7, 11) is 0. The minimum absolute atomic E-state index is 0.122. The van der Waals surface area contributed by atoms with Crippen molar-refractivity contribution in [3.8, 4) is 22.3 Å². The summed E-state index contributed by atoms with van der Waals surface area (Å²) in [6.07, 6.45) is 7.55. The maximum absolute atomic E-state index is 11.5. The van der Waals surface area contributed by atoms with E-state index in [1.54, 1.807) is 10.7 Å². The van der Waals surface area contributed by atoms with Gasteiger partial charge in [-0.2, -0.15) is 15.1 Å². The maximum Gasteiger partial charge on any atom is 0.247 e. The predicted octanol–water partition coefficient (Wildman–Crippen LogP) is 7.24. The standard InChI is InChI=1S/C40H33N13O2/c1-24(54)43-29-6-10-31(11-7-29)45-39-47-37-34(4-3-18-52(37)49-39)26-5-16-36-27(20-26)17-19-51(36)23-33-14-15-35(28-21-41-42-22-28)38-48-40(50-53(33)38)46-32-12-8-30(9-13-32)44-25(2)55/h3-22H,23H2,1-2H3,(H,41,42)(H,43,54)(H,44,55)(H,45,49)(H,46,50). The van der Waals surface area contributed by atoms with E-state index in [1.165, 1.54) is 13.8 Å². The molecule has 3 aromatic carbocycles. The van der Waals surface area contributed by atoms with Crippen molar-refractivity contribution in [3.63, 3.8) is 0 Å². The molecule has 6 aromatic heterocycles. The van der Waals surface area contributed by atoms with Crippen molar-refractivity contribution in [1.29, 1.82) is 0 Å². The second-order valence-corrected chi connectivity index (χ2v) is 13.0. The van der Waals surface area contributed by atoms with Gasteiger partial charge < -0.3 is 25.8 Å². The summed E-state index contributed by atoms with van der Waals surface area (Å²) in [5.74, 6) is 0.647. The molecule has 0 aliphatic heterocycles. The number of amides is 2. The van der Waals surface area contributed by atoms with Crippen LogP contribution < -0.4 is 21.3 Å². The minimum atomic E-state index is -0.129. The molecule has 0 saturated carbocycles. The highest BCUT2D eigenvalue weighted by molar-refractivity contribution is 5.90. The Kier molecular flexibility index (Phi) is 8.19. The third-order valence-corrected chi connectivity index (χ3v) is 9.07. The van der Waals surface area contributed by atoms with Crippen LogP contribution in [0.5, 0.6) is 0 Å². The van der Waals surface area contributed by atoms with Crippen LogP contribution in [0.25, 0.3) is 44.5 Å². The average molecular weight is 728 g/mol. The Balaban J connectivity index is 0.996. The molecule has 5 N–H and O–H groups in total. The monoisotopic (exact) mass is 727 g/mol. The number of aromatic nitrogens is 9. The number of H-pyrrole nitrogens is 1. The number of carbonyl (C=O) groups excluding carboxylic acids is 2. The molecule has 55 heavy (non-hydrogen) atoms. The number of nitrogens with zero attached hydrogens (tertiary/aromatic N) is 8.